The summed E-state index contributed by atoms with van der Waals surface area (Å²) in [6.45, 7) is 6.79. The number of para-hydroxylation sites is 1. The van der Waals surface area contributed by atoms with E-state index >= 15 is 4.39 Å². The molecule has 0 radical (unpaired) electrons. The zero-order valence-corrected chi connectivity index (χ0v) is 20.5. The monoisotopic (exact) mass is 507 g/mol. The standard InChI is InChI=1S/C24H25ClF3N5O2/c1-10(2)35-21-13(11(3)23-31-12(4)20(22(29)30)33(23)5)9-14(25)18(28)17(21)24(34)32-19-15(26)7-6-8-16(19)27/h6-11H,1-5H3,(H3,29,30)(H,32,34). The Hall–Kier alpha value is -3.53. The number of carbonyl (C=O) groups is 1. The number of hydrogen-bond donors (Lipinski definition) is 3. The van der Waals surface area contributed by atoms with Crippen LogP contribution in [0.4, 0.5) is 18.9 Å². The fraction of sp³-hybridized carbons (Fsp3) is 0.292. The molecule has 11 heteroatoms. The molecule has 35 heavy (non-hydrogen) atoms. The molecule has 186 valence electrons. The van der Waals surface area contributed by atoms with Crippen LogP contribution in [0, 0.1) is 29.8 Å². The van der Waals surface area contributed by atoms with Gasteiger partial charge in [0.2, 0.25) is 0 Å². The number of anilines is 1. The summed E-state index contributed by atoms with van der Waals surface area (Å²) in [6, 6.07) is 4.37. The zero-order valence-electron chi connectivity index (χ0n) is 19.8. The number of imidazole rings is 1. The van der Waals surface area contributed by atoms with Gasteiger partial charge >= 0.3 is 0 Å². The van der Waals surface area contributed by atoms with Gasteiger partial charge in [-0.3, -0.25) is 10.2 Å². The number of nitrogen functional groups attached to an aromatic ring is 1. The van der Waals surface area contributed by atoms with Gasteiger partial charge in [-0.2, -0.15) is 0 Å². The summed E-state index contributed by atoms with van der Waals surface area (Å²) in [6.07, 6.45) is -0.492. The molecule has 0 spiro atoms. The van der Waals surface area contributed by atoms with E-state index in [1.54, 1.807) is 39.3 Å². The molecule has 0 fully saturated rings. The molecule has 0 bridgehead atoms. The number of rotatable bonds is 7. The largest absolute Gasteiger partial charge is 0.490 e. The van der Waals surface area contributed by atoms with Crippen molar-refractivity contribution in [1.82, 2.24) is 9.55 Å². The highest BCUT2D eigenvalue weighted by molar-refractivity contribution is 6.31. The first-order chi connectivity index (χ1) is 16.3. The van der Waals surface area contributed by atoms with Gasteiger partial charge in [0.25, 0.3) is 5.91 Å². The number of halogens is 4. The number of hydrogen-bond acceptors (Lipinski definition) is 4. The average molecular weight is 508 g/mol. The molecule has 0 aliphatic rings. The summed E-state index contributed by atoms with van der Waals surface area (Å²) in [5.74, 6) is -4.77. The molecule has 3 aromatic rings. The molecule has 4 N–H and O–H groups in total. The van der Waals surface area contributed by atoms with Gasteiger partial charge in [-0.1, -0.05) is 24.6 Å². The Labute approximate surface area is 205 Å². The van der Waals surface area contributed by atoms with Crippen molar-refractivity contribution in [2.45, 2.75) is 39.7 Å². The molecule has 0 aliphatic heterocycles. The maximum Gasteiger partial charge on any atom is 0.262 e. The first kappa shape index (κ1) is 26.1. The van der Waals surface area contributed by atoms with Gasteiger partial charge in [0.1, 0.15) is 46.0 Å². The minimum Gasteiger partial charge on any atom is -0.490 e. The van der Waals surface area contributed by atoms with Gasteiger partial charge < -0.3 is 20.4 Å². The van der Waals surface area contributed by atoms with Crippen LogP contribution in [0.5, 0.6) is 5.75 Å². The number of ether oxygens (including phenoxy) is 1. The number of benzene rings is 2. The molecule has 3 rings (SSSR count). The van der Waals surface area contributed by atoms with Gasteiger partial charge in [-0.25, -0.2) is 18.2 Å². The van der Waals surface area contributed by atoms with E-state index < -0.39 is 46.6 Å². The van der Waals surface area contributed by atoms with Crippen LogP contribution in [0.25, 0.3) is 0 Å². The second-order valence-electron chi connectivity index (χ2n) is 8.28. The summed E-state index contributed by atoms with van der Waals surface area (Å²) < 4.78 is 51.0. The van der Waals surface area contributed by atoms with Crippen LogP contribution < -0.4 is 15.8 Å². The van der Waals surface area contributed by atoms with Crippen LogP contribution in [0.15, 0.2) is 24.3 Å². The van der Waals surface area contributed by atoms with E-state index in [1.165, 1.54) is 6.07 Å². The van der Waals surface area contributed by atoms with E-state index in [4.69, 9.17) is 27.5 Å². The number of nitrogens with one attached hydrogen (secondary N) is 2. The van der Waals surface area contributed by atoms with Crippen molar-refractivity contribution in [3.63, 3.8) is 0 Å². The van der Waals surface area contributed by atoms with Crippen LogP contribution in [0.2, 0.25) is 5.02 Å². The van der Waals surface area contributed by atoms with E-state index in [-0.39, 0.29) is 16.6 Å². The first-order valence-corrected chi connectivity index (χ1v) is 11.0. The summed E-state index contributed by atoms with van der Waals surface area (Å²) in [7, 11) is 1.67. The molecule has 1 amide bonds. The van der Waals surface area contributed by atoms with Crippen LogP contribution >= 0.6 is 11.6 Å². The highest BCUT2D eigenvalue weighted by atomic mass is 35.5. The van der Waals surface area contributed by atoms with Crippen LogP contribution in [0.3, 0.4) is 0 Å². The quantitative estimate of drug-likeness (QED) is 0.299. The molecule has 0 saturated carbocycles. The summed E-state index contributed by atoms with van der Waals surface area (Å²) in [5.41, 5.74) is 5.57. The summed E-state index contributed by atoms with van der Waals surface area (Å²) >= 11 is 6.16. The fourth-order valence-electron chi connectivity index (χ4n) is 3.87. The predicted octanol–water partition coefficient (Wildman–Crippen LogP) is 5.27. The average Bonchev–Trinajstić information content (AvgIpc) is 3.06. The number of nitrogens with zero attached hydrogens (tertiary/aromatic N) is 2. The molecule has 0 saturated heterocycles. The van der Waals surface area contributed by atoms with E-state index in [2.05, 4.69) is 10.3 Å². The number of aromatic nitrogens is 2. The minimum atomic E-state index is -1.14. The normalized spacial score (nSPS) is 12.1. The van der Waals surface area contributed by atoms with Gasteiger partial charge in [0.05, 0.1) is 16.8 Å². The number of amides is 1. The van der Waals surface area contributed by atoms with Crippen molar-refractivity contribution in [2.75, 3.05) is 5.32 Å². The lowest BCUT2D eigenvalue weighted by atomic mass is 9.95. The first-order valence-electron chi connectivity index (χ1n) is 10.7. The third-order valence-electron chi connectivity index (χ3n) is 5.40. The third kappa shape index (κ3) is 4.97. The Morgan fingerprint density at radius 2 is 1.83 bits per heavy atom. The Balaban J connectivity index is 2.21. The van der Waals surface area contributed by atoms with Gasteiger partial charge in [-0.15, -0.1) is 0 Å². The third-order valence-corrected chi connectivity index (χ3v) is 5.67. The summed E-state index contributed by atoms with van der Waals surface area (Å²) in [5, 5.41) is 9.51. The van der Waals surface area contributed by atoms with E-state index in [1.807, 2.05) is 0 Å². The van der Waals surface area contributed by atoms with Crippen molar-refractivity contribution >= 4 is 29.0 Å². The number of aryl methyl sites for hydroxylation is 1. The van der Waals surface area contributed by atoms with Crippen molar-refractivity contribution in [3.8, 4) is 5.75 Å². The van der Waals surface area contributed by atoms with Crippen molar-refractivity contribution in [1.29, 1.82) is 5.41 Å². The summed E-state index contributed by atoms with van der Waals surface area (Å²) in [4.78, 5) is 17.6. The Morgan fingerprint density at radius 1 is 1.23 bits per heavy atom. The highest BCUT2D eigenvalue weighted by Gasteiger charge is 2.31. The molecule has 1 unspecified atom stereocenters. The van der Waals surface area contributed by atoms with Gasteiger partial charge in [-0.05, 0) is 39.0 Å². The van der Waals surface area contributed by atoms with E-state index in [0.29, 0.717) is 22.8 Å². The van der Waals surface area contributed by atoms with E-state index in [9.17, 15) is 13.6 Å². The van der Waals surface area contributed by atoms with Crippen molar-refractivity contribution in [3.05, 3.63) is 75.1 Å². The number of nitrogens with two attached hydrogens (primary N) is 1. The van der Waals surface area contributed by atoms with E-state index in [0.717, 1.165) is 18.2 Å². The van der Waals surface area contributed by atoms with Gasteiger partial charge in [0, 0.05) is 18.5 Å². The number of amidine groups is 1. The lowest BCUT2D eigenvalue weighted by Gasteiger charge is -2.23. The van der Waals surface area contributed by atoms with Gasteiger partial charge in [0.15, 0.2) is 5.82 Å². The van der Waals surface area contributed by atoms with Crippen molar-refractivity contribution in [2.24, 2.45) is 12.8 Å². The topological polar surface area (TPSA) is 106 Å². The molecule has 2 aromatic carbocycles. The fourth-order valence-corrected chi connectivity index (χ4v) is 4.08. The Bertz CT molecular complexity index is 1300. The van der Waals surface area contributed by atoms with Crippen LogP contribution in [-0.4, -0.2) is 27.4 Å². The highest BCUT2D eigenvalue weighted by Crippen LogP contribution is 2.40. The molecule has 0 aliphatic carbocycles. The molecule has 7 nitrogen and oxygen atoms in total. The van der Waals surface area contributed by atoms with Crippen LogP contribution in [0.1, 0.15) is 59.8 Å². The molecular weight excluding hydrogens is 483 g/mol. The lowest BCUT2D eigenvalue weighted by molar-refractivity contribution is 0.101. The maximum absolute atomic E-state index is 15.2. The Morgan fingerprint density at radius 3 is 2.34 bits per heavy atom. The zero-order chi connectivity index (χ0) is 26.2. The maximum atomic E-state index is 15.2. The van der Waals surface area contributed by atoms with Crippen molar-refractivity contribution < 1.29 is 22.7 Å². The SMILES string of the molecule is Cc1nc(C(C)c2cc(Cl)c(F)c(C(=O)Nc3c(F)cccc3F)c2OC(C)C)n(C)c1C(=N)N. The van der Waals surface area contributed by atoms with Crippen LogP contribution in [-0.2, 0) is 7.05 Å². The molecule has 1 heterocycles. The second-order valence-corrected chi connectivity index (χ2v) is 8.69. The minimum absolute atomic E-state index is 0.145. The Kier molecular flexibility index (Phi) is 7.44. The second kappa shape index (κ2) is 9.99. The molecule has 1 aromatic heterocycles. The predicted molar refractivity (Wildman–Crippen MR) is 128 cm³/mol. The molecular formula is C24H25ClF3N5O2. The lowest BCUT2D eigenvalue weighted by Crippen LogP contribution is -2.21. The molecule has 1 atom stereocenters. The number of carbonyl (C=O) groups excluding carboxylic acids is 1. The smallest absolute Gasteiger partial charge is 0.262 e.